The van der Waals surface area contributed by atoms with Crippen molar-refractivity contribution < 1.29 is 9.94 Å². The van der Waals surface area contributed by atoms with Gasteiger partial charge in [-0.25, -0.2) is 4.98 Å². The molecule has 0 bridgehead atoms. The number of thioether (sulfide) groups is 1. The summed E-state index contributed by atoms with van der Waals surface area (Å²) in [5.41, 5.74) is 8.34. The number of nitrogens with zero attached hydrogens (tertiary/aromatic N) is 6. The molecule has 0 spiro atoms. The Morgan fingerprint density at radius 2 is 1.59 bits per heavy atom. The monoisotopic (exact) mass is 450 g/mol. The highest BCUT2D eigenvalue weighted by atomic mass is 32.2. The highest BCUT2D eigenvalue weighted by Crippen LogP contribution is 2.37. The molecular weight excluding hydrogens is 422 g/mol. The van der Waals surface area contributed by atoms with Gasteiger partial charge >= 0.3 is 5.82 Å². The van der Waals surface area contributed by atoms with E-state index in [1.807, 2.05) is 12.1 Å². The van der Waals surface area contributed by atoms with E-state index in [4.69, 9.17) is 5.73 Å². The molecule has 2 aromatic rings. The summed E-state index contributed by atoms with van der Waals surface area (Å²) in [5, 5.41) is 30.6. The van der Waals surface area contributed by atoms with Crippen LogP contribution in [0.5, 0.6) is 0 Å². The summed E-state index contributed by atoms with van der Waals surface area (Å²) in [7, 11) is 0. The zero-order valence-electron chi connectivity index (χ0n) is 18.1. The lowest BCUT2D eigenvalue weighted by Crippen LogP contribution is -2.42. The number of hydrogen-bond donors (Lipinski definition) is 2. The minimum atomic E-state index is 0.159. The van der Waals surface area contributed by atoms with E-state index in [1.54, 1.807) is 6.20 Å². The molecule has 9 heteroatoms. The minimum absolute atomic E-state index is 0.159. The highest BCUT2D eigenvalue weighted by Gasteiger charge is 2.26. The van der Waals surface area contributed by atoms with Crippen molar-refractivity contribution in [2.24, 2.45) is 0 Å². The summed E-state index contributed by atoms with van der Waals surface area (Å²) in [5.74, 6) is 1.48. The maximum Gasteiger partial charge on any atom is 0.315 e. The van der Waals surface area contributed by atoms with Crippen LogP contribution in [0.3, 0.4) is 0 Å². The Labute approximate surface area is 192 Å². The fourth-order valence-electron chi connectivity index (χ4n) is 4.45. The van der Waals surface area contributed by atoms with Crippen molar-refractivity contribution in [2.75, 3.05) is 41.7 Å². The van der Waals surface area contributed by atoms with Crippen LogP contribution in [0.15, 0.2) is 23.4 Å². The SMILES string of the molecule is N#Cc1c(N)nc(SCc2ccc(N3CCCCC3)[n+](O)c2)c(C#N)c1N1CCCCC1. The standard InChI is InChI=1S/C23H28N7OS/c24-13-18-21(29-11-5-2-6-12-29)19(14-25)23(27-22(18)26)32-16-17-7-8-20(30(31)15-17)28-9-3-1-4-10-28/h7-8,15,31H,1-6,9-12,16H2,(H2,26,27)/q+1. The van der Waals surface area contributed by atoms with Gasteiger partial charge in [0.15, 0.2) is 0 Å². The lowest BCUT2D eigenvalue weighted by molar-refractivity contribution is -0.894. The number of rotatable bonds is 5. The predicted molar refractivity (Wildman–Crippen MR) is 124 cm³/mol. The van der Waals surface area contributed by atoms with Crippen molar-refractivity contribution in [3.8, 4) is 12.1 Å². The van der Waals surface area contributed by atoms with Gasteiger partial charge in [-0.05, 0) is 44.6 Å². The van der Waals surface area contributed by atoms with Crippen molar-refractivity contribution >= 4 is 29.1 Å². The van der Waals surface area contributed by atoms with Gasteiger partial charge < -0.3 is 15.8 Å². The number of aromatic nitrogens is 2. The molecule has 0 aliphatic carbocycles. The van der Waals surface area contributed by atoms with Crippen molar-refractivity contribution in [3.05, 3.63) is 35.0 Å². The van der Waals surface area contributed by atoms with E-state index in [9.17, 15) is 15.7 Å². The Morgan fingerprint density at radius 3 is 2.19 bits per heavy atom. The molecule has 0 atom stereocenters. The van der Waals surface area contributed by atoms with E-state index in [-0.39, 0.29) is 11.4 Å². The van der Waals surface area contributed by atoms with Gasteiger partial charge in [0.05, 0.1) is 18.8 Å². The molecule has 2 aromatic heterocycles. The Kier molecular flexibility index (Phi) is 6.87. The van der Waals surface area contributed by atoms with E-state index in [1.165, 1.54) is 22.9 Å². The van der Waals surface area contributed by atoms with E-state index in [0.29, 0.717) is 22.0 Å². The van der Waals surface area contributed by atoms with Crippen LogP contribution in [0.1, 0.15) is 55.2 Å². The summed E-state index contributed by atoms with van der Waals surface area (Å²) in [6.07, 6.45) is 8.43. The zero-order chi connectivity index (χ0) is 22.5. The normalized spacial score (nSPS) is 16.4. The molecule has 3 N–H and O–H groups in total. The molecule has 0 unspecified atom stereocenters. The fourth-order valence-corrected chi connectivity index (χ4v) is 5.38. The van der Waals surface area contributed by atoms with Gasteiger partial charge in [0.2, 0.25) is 0 Å². The first-order valence-electron chi connectivity index (χ1n) is 11.1. The minimum Gasteiger partial charge on any atom is -0.382 e. The number of nitriles is 2. The van der Waals surface area contributed by atoms with E-state index in [2.05, 4.69) is 26.9 Å². The molecule has 32 heavy (non-hydrogen) atoms. The summed E-state index contributed by atoms with van der Waals surface area (Å²) < 4.78 is 1.19. The van der Waals surface area contributed by atoms with Gasteiger partial charge in [0.25, 0.3) is 0 Å². The Bertz CT molecular complexity index is 1060. The van der Waals surface area contributed by atoms with Gasteiger partial charge in [0.1, 0.15) is 40.3 Å². The van der Waals surface area contributed by atoms with E-state index in [0.717, 1.165) is 69.7 Å². The third-order valence-corrected chi connectivity index (χ3v) is 7.13. The quantitative estimate of drug-likeness (QED) is 0.405. The molecule has 0 aromatic carbocycles. The number of anilines is 3. The second kappa shape index (κ2) is 9.97. The number of hydrogen-bond acceptors (Lipinski definition) is 8. The van der Waals surface area contributed by atoms with Crippen LogP contribution in [0.4, 0.5) is 17.3 Å². The van der Waals surface area contributed by atoms with Crippen LogP contribution < -0.4 is 20.3 Å². The summed E-state index contributed by atoms with van der Waals surface area (Å²) in [6.45, 7) is 3.51. The topological polar surface area (TPSA) is 117 Å². The highest BCUT2D eigenvalue weighted by molar-refractivity contribution is 7.98. The Morgan fingerprint density at radius 1 is 0.969 bits per heavy atom. The lowest BCUT2D eigenvalue weighted by Gasteiger charge is -2.30. The Balaban J connectivity index is 1.58. The first-order valence-corrected chi connectivity index (χ1v) is 12.1. The number of nitrogens with two attached hydrogens (primary N) is 1. The number of nitrogen functional groups attached to an aromatic ring is 1. The molecule has 0 radical (unpaired) electrons. The molecule has 166 valence electrons. The van der Waals surface area contributed by atoms with Gasteiger partial charge in [-0.1, -0.05) is 4.73 Å². The fraction of sp³-hybridized carbons (Fsp3) is 0.478. The zero-order valence-corrected chi connectivity index (χ0v) is 18.9. The van der Waals surface area contributed by atoms with Gasteiger partial charge in [0, 0.05) is 30.5 Å². The van der Waals surface area contributed by atoms with Crippen LogP contribution in [0.25, 0.3) is 0 Å². The first-order chi connectivity index (χ1) is 15.6. The van der Waals surface area contributed by atoms with E-state index < -0.39 is 0 Å². The third kappa shape index (κ3) is 4.53. The molecule has 2 aliphatic rings. The van der Waals surface area contributed by atoms with Crippen molar-refractivity contribution in [1.29, 1.82) is 10.5 Å². The van der Waals surface area contributed by atoms with Gasteiger partial charge in [-0.2, -0.15) is 10.5 Å². The molecule has 2 fully saturated rings. The largest absolute Gasteiger partial charge is 0.382 e. The summed E-state index contributed by atoms with van der Waals surface area (Å²) in [6, 6.07) is 8.35. The predicted octanol–water partition coefficient (Wildman–Crippen LogP) is 3.20. The van der Waals surface area contributed by atoms with Crippen molar-refractivity contribution in [3.63, 3.8) is 0 Å². The van der Waals surface area contributed by atoms with Gasteiger partial charge in [-0.15, -0.1) is 11.8 Å². The van der Waals surface area contributed by atoms with Crippen LogP contribution in [-0.2, 0) is 5.75 Å². The maximum atomic E-state index is 10.5. The lowest BCUT2D eigenvalue weighted by atomic mass is 10.1. The number of pyridine rings is 2. The average Bonchev–Trinajstić information content (AvgIpc) is 2.83. The van der Waals surface area contributed by atoms with Crippen LogP contribution >= 0.6 is 11.8 Å². The summed E-state index contributed by atoms with van der Waals surface area (Å²) in [4.78, 5) is 8.68. The van der Waals surface area contributed by atoms with Crippen LogP contribution in [-0.4, -0.2) is 36.4 Å². The van der Waals surface area contributed by atoms with Crippen LogP contribution in [0, 0.1) is 22.7 Å². The first kappa shape index (κ1) is 22.0. The van der Waals surface area contributed by atoms with Crippen molar-refractivity contribution in [2.45, 2.75) is 49.3 Å². The smallest absolute Gasteiger partial charge is 0.315 e. The van der Waals surface area contributed by atoms with Crippen molar-refractivity contribution in [1.82, 2.24) is 4.98 Å². The molecule has 4 rings (SSSR count). The molecule has 0 saturated carbocycles. The van der Waals surface area contributed by atoms with Crippen LogP contribution in [0.2, 0.25) is 0 Å². The van der Waals surface area contributed by atoms with E-state index >= 15 is 0 Å². The maximum absolute atomic E-state index is 10.5. The average molecular weight is 451 g/mol. The molecule has 4 heterocycles. The third-order valence-electron chi connectivity index (χ3n) is 6.09. The molecule has 0 amide bonds. The second-order valence-corrected chi connectivity index (χ2v) is 9.21. The Hall–Kier alpha value is -3.17. The molecule has 8 nitrogen and oxygen atoms in total. The molecule has 2 aliphatic heterocycles. The molecular formula is C23H28N7OS+. The van der Waals surface area contributed by atoms with Gasteiger partial charge in [-0.3, -0.25) is 4.90 Å². The summed E-state index contributed by atoms with van der Waals surface area (Å²) >= 11 is 1.40. The number of piperidine rings is 2. The second-order valence-electron chi connectivity index (χ2n) is 8.25. The molecule has 2 saturated heterocycles.